The maximum Gasteiger partial charge on any atom is 0.472 e. The highest BCUT2D eigenvalue weighted by atomic mass is 31.2. The summed E-state index contributed by atoms with van der Waals surface area (Å²) in [5.74, 6) is -0.473. The minimum atomic E-state index is -4.97. The minimum absolute atomic E-state index is 0.108. The van der Waals surface area contributed by atoms with Crippen LogP contribution in [0, 0.1) is 11.8 Å². The molecule has 0 aliphatic carbocycles. The van der Waals surface area contributed by atoms with Crippen LogP contribution in [0.4, 0.5) is 0 Å². The molecule has 19 heteroatoms. The normalized spacial score (nSPS) is 14.3. The molecule has 0 aliphatic heterocycles. The molecule has 0 radical (unpaired) electrons. The average molecular weight is 1540 g/mol. The predicted octanol–water partition coefficient (Wildman–Crippen LogP) is 26.2. The summed E-state index contributed by atoms with van der Waals surface area (Å²) in [5, 5.41) is 10.7. The van der Waals surface area contributed by atoms with Crippen LogP contribution >= 0.6 is 15.6 Å². The van der Waals surface area contributed by atoms with Crippen molar-refractivity contribution < 1.29 is 80.2 Å². The third-order valence-corrected chi connectivity index (χ3v) is 22.8. The Balaban J connectivity index is 5.26. The molecule has 17 nitrogen and oxygen atoms in total. The molecule has 0 saturated heterocycles. The summed E-state index contributed by atoms with van der Waals surface area (Å²) in [4.78, 5) is 73.3. The van der Waals surface area contributed by atoms with Gasteiger partial charge in [-0.1, -0.05) is 408 Å². The Bertz CT molecular complexity index is 2010. The van der Waals surface area contributed by atoms with E-state index in [0.29, 0.717) is 25.7 Å². The van der Waals surface area contributed by atoms with Gasteiger partial charge in [-0.05, 0) is 37.5 Å². The van der Waals surface area contributed by atoms with Crippen LogP contribution in [0.1, 0.15) is 459 Å². The Morgan fingerprint density at radius 3 is 0.676 bits per heavy atom. The fourth-order valence-electron chi connectivity index (χ4n) is 13.4. The van der Waals surface area contributed by atoms with Crippen molar-refractivity contribution in [3.8, 4) is 0 Å². The molecule has 7 atom stereocenters. The van der Waals surface area contributed by atoms with Crippen LogP contribution in [0.15, 0.2) is 0 Å². The number of aliphatic hydroxyl groups excluding tert-OH is 1. The maximum absolute atomic E-state index is 13.2. The molecule has 0 bridgehead atoms. The first-order valence-electron chi connectivity index (χ1n) is 44.6. The van der Waals surface area contributed by atoms with Crippen LogP contribution in [0.5, 0.6) is 0 Å². The molecule has 0 rings (SSSR count). The molecule has 0 heterocycles. The predicted molar refractivity (Wildman–Crippen MR) is 432 cm³/mol. The van der Waals surface area contributed by atoms with Crippen LogP contribution < -0.4 is 0 Å². The fourth-order valence-corrected chi connectivity index (χ4v) is 14.9. The van der Waals surface area contributed by atoms with Crippen LogP contribution in [-0.4, -0.2) is 96.7 Å². The smallest absolute Gasteiger partial charge is 0.462 e. The number of carbonyl (C=O) groups excluding carboxylic acids is 4. The fraction of sp³-hybridized carbons (Fsp3) is 0.953. The molecule has 624 valence electrons. The first kappa shape index (κ1) is 103. The number of hydrogen-bond donors (Lipinski definition) is 3. The van der Waals surface area contributed by atoms with E-state index in [9.17, 15) is 43.2 Å². The Morgan fingerprint density at radius 2 is 0.457 bits per heavy atom. The number of ether oxygens (including phenoxy) is 4. The summed E-state index contributed by atoms with van der Waals surface area (Å²) < 4.78 is 68.9. The molecule has 0 aromatic carbocycles. The van der Waals surface area contributed by atoms with Crippen molar-refractivity contribution in [1.29, 1.82) is 0 Å². The van der Waals surface area contributed by atoms with E-state index in [1.54, 1.807) is 0 Å². The van der Waals surface area contributed by atoms with E-state index in [4.69, 9.17) is 37.0 Å². The molecular weight excluding hydrogens is 1370 g/mol. The summed E-state index contributed by atoms with van der Waals surface area (Å²) in [7, 11) is -9.93. The van der Waals surface area contributed by atoms with E-state index < -0.39 is 97.5 Å². The standard InChI is InChI=1S/C86H168O17P2/c1-7-11-13-15-17-19-21-23-25-26-27-28-29-31-37-41-45-53-59-65-71-85(90)102-81(74-96-83(88)68-62-56-50-43-39-35-33-32-34-38-42-48-54-60-66-78(5)9-3)76-100-104(92,93)98-72-80(87)73-99-105(94,95)101-77-82(75-97-84(89)69-63-57-51-47-46-49-55-61-67-79(6)10-4)103-86(91)70-64-58-52-44-40-36-30-24-22-20-18-16-14-12-8-2/h78-82,87H,7-77H2,1-6H3,(H,92,93)(H,94,95)/t78?,79?,80-,81-,82-/m1/s1. The lowest BCUT2D eigenvalue weighted by Crippen LogP contribution is -2.30. The summed E-state index contributed by atoms with van der Waals surface area (Å²) in [5.41, 5.74) is 0. The van der Waals surface area contributed by atoms with E-state index in [0.717, 1.165) is 102 Å². The number of phosphoric acid groups is 2. The van der Waals surface area contributed by atoms with Gasteiger partial charge in [-0.3, -0.25) is 37.3 Å². The number of rotatable bonds is 85. The van der Waals surface area contributed by atoms with Crippen molar-refractivity contribution in [2.24, 2.45) is 11.8 Å². The molecule has 0 aliphatic rings. The highest BCUT2D eigenvalue weighted by Crippen LogP contribution is 2.45. The van der Waals surface area contributed by atoms with Gasteiger partial charge in [-0.25, -0.2) is 9.13 Å². The van der Waals surface area contributed by atoms with Crippen molar-refractivity contribution in [3.63, 3.8) is 0 Å². The van der Waals surface area contributed by atoms with Gasteiger partial charge < -0.3 is 33.8 Å². The van der Waals surface area contributed by atoms with Gasteiger partial charge in [0.15, 0.2) is 12.2 Å². The Hall–Kier alpha value is -1.94. The largest absolute Gasteiger partial charge is 0.472 e. The van der Waals surface area contributed by atoms with Crippen LogP contribution in [-0.2, 0) is 65.4 Å². The quantitative estimate of drug-likeness (QED) is 0.0222. The maximum atomic E-state index is 13.2. The summed E-state index contributed by atoms with van der Waals surface area (Å²) in [6, 6.07) is 0. The molecule has 0 amide bonds. The van der Waals surface area contributed by atoms with E-state index in [2.05, 4.69) is 41.5 Å². The first-order valence-corrected chi connectivity index (χ1v) is 47.6. The van der Waals surface area contributed by atoms with Gasteiger partial charge in [0, 0.05) is 25.7 Å². The Labute approximate surface area is 645 Å². The summed E-state index contributed by atoms with van der Waals surface area (Å²) in [6.45, 7) is 9.73. The van der Waals surface area contributed by atoms with Crippen molar-refractivity contribution in [3.05, 3.63) is 0 Å². The average Bonchev–Trinajstić information content (AvgIpc) is 0.905. The van der Waals surface area contributed by atoms with E-state index in [1.165, 1.54) is 276 Å². The van der Waals surface area contributed by atoms with Crippen molar-refractivity contribution in [1.82, 2.24) is 0 Å². The minimum Gasteiger partial charge on any atom is -0.462 e. The second-order valence-electron chi connectivity index (χ2n) is 31.4. The Kier molecular flexibility index (Phi) is 76.0. The molecule has 3 N–H and O–H groups in total. The van der Waals surface area contributed by atoms with E-state index in [1.807, 2.05) is 0 Å². The molecule has 0 aromatic rings. The van der Waals surface area contributed by atoms with Gasteiger partial charge >= 0.3 is 39.5 Å². The van der Waals surface area contributed by atoms with Gasteiger partial charge in [0.25, 0.3) is 0 Å². The van der Waals surface area contributed by atoms with Crippen LogP contribution in [0.2, 0.25) is 0 Å². The number of carbonyl (C=O) groups is 4. The van der Waals surface area contributed by atoms with Crippen LogP contribution in [0.25, 0.3) is 0 Å². The zero-order valence-electron chi connectivity index (χ0n) is 69.0. The van der Waals surface area contributed by atoms with Crippen LogP contribution in [0.3, 0.4) is 0 Å². The molecular formula is C86H168O17P2. The number of aliphatic hydroxyl groups is 1. The molecule has 4 unspecified atom stereocenters. The highest BCUT2D eigenvalue weighted by Gasteiger charge is 2.30. The molecule has 0 aromatic heterocycles. The van der Waals surface area contributed by atoms with Gasteiger partial charge in [-0.2, -0.15) is 0 Å². The zero-order valence-corrected chi connectivity index (χ0v) is 70.8. The highest BCUT2D eigenvalue weighted by molar-refractivity contribution is 7.47. The SMILES string of the molecule is CCCCCCCCCCCCCCCCCCCCCCC(=O)O[C@H](COC(=O)CCCCCCCCCCCCCCCCC(C)CC)COP(=O)(O)OC[C@@H](O)COP(=O)(O)OC[C@@H](COC(=O)CCCCCCCCCCC(C)CC)OC(=O)CCCCCCCCCCCCCCCCC. The number of unbranched alkanes of at least 4 members (excludes halogenated alkanes) is 53. The monoisotopic (exact) mass is 1540 g/mol. The number of esters is 4. The lowest BCUT2D eigenvalue weighted by Gasteiger charge is -2.21. The zero-order chi connectivity index (χ0) is 77.1. The van der Waals surface area contributed by atoms with E-state index >= 15 is 0 Å². The summed E-state index contributed by atoms with van der Waals surface area (Å²) in [6.07, 6.45) is 69.2. The second kappa shape index (κ2) is 77.4. The number of phosphoric ester groups is 2. The summed E-state index contributed by atoms with van der Waals surface area (Å²) >= 11 is 0. The van der Waals surface area contributed by atoms with Gasteiger partial charge in [0.2, 0.25) is 0 Å². The lowest BCUT2D eigenvalue weighted by atomic mass is 9.99. The van der Waals surface area contributed by atoms with Gasteiger partial charge in [0.05, 0.1) is 26.4 Å². The van der Waals surface area contributed by atoms with Crippen molar-refractivity contribution >= 4 is 39.5 Å². The van der Waals surface area contributed by atoms with Gasteiger partial charge in [0.1, 0.15) is 19.3 Å². The molecule has 0 spiro atoms. The molecule has 0 fully saturated rings. The van der Waals surface area contributed by atoms with Crippen molar-refractivity contribution in [2.75, 3.05) is 39.6 Å². The molecule has 0 saturated carbocycles. The topological polar surface area (TPSA) is 237 Å². The second-order valence-corrected chi connectivity index (χ2v) is 34.3. The van der Waals surface area contributed by atoms with Gasteiger partial charge in [-0.15, -0.1) is 0 Å². The molecule has 105 heavy (non-hydrogen) atoms. The third kappa shape index (κ3) is 77.2. The van der Waals surface area contributed by atoms with Crippen molar-refractivity contribution in [2.45, 2.75) is 477 Å². The number of hydrogen-bond acceptors (Lipinski definition) is 15. The Morgan fingerprint density at radius 1 is 0.267 bits per heavy atom. The van der Waals surface area contributed by atoms with E-state index in [-0.39, 0.29) is 25.7 Å². The third-order valence-electron chi connectivity index (χ3n) is 20.9. The lowest BCUT2D eigenvalue weighted by molar-refractivity contribution is -0.161. The first-order chi connectivity index (χ1) is 50.9.